The molecule has 1 aromatic carbocycles. The Hall–Kier alpha value is -0.510. The van der Waals surface area contributed by atoms with E-state index in [2.05, 4.69) is 59.2 Å². The molecule has 1 aromatic rings. The summed E-state index contributed by atoms with van der Waals surface area (Å²) < 4.78 is 0. The molecule has 0 saturated carbocycles. The van der Waals surface area contributed by atoms with Gasteiger partial charge in [-0.1, -0.05) is 37.3 Å². The first-order chi connectivity index (χ1) is 8.76. The molecule has 0 amide bonds. The maximum Gasteiger partial charge on any atom is 0.0786 e. The van der Waals surface area contributed by atoms with Crippen LogP contribution in [0.3, 0.4) is 0 Å². The van der Waals surface area contributed by atoms with Gasteiger partial charge in [-0.3, -0.25) is 4.90 Å². The van der Waals surface area contributed by atoms with Crippen molar-refractivity contribution in [2.45, 2.75) is 24.8 Å². The predicted octanol–water partition coefficient (Wildman–Crippen LogP) is 2.56. The Balaban J connectivity index is 1.58. The van der Waals surface area contributed by atoms with Crippen LogP contribution >= 0.6 is 11.8 Å². The Kier molecular flexibility index (Phi) is 3.64. The van der Waals surface area contributed by atoms with E-state index in [1.54, 1.807) is 0 Å². The lowest BCUT2D eigenvalue weighted by molar-refractivity contribution is 0.308. The molecule has 2 saturated heterocycles. The molecule has 2 aliphatic heterocycles. The molecule has 2 unspecified atom stereocenters. The van der Waals surface area contributed by atoms with Crippen LogP contribution in [0, 0.1) is 5.92 Å². The number of hydrogen-bond acceptors (Lipinski definition) is 3. The minimum Gasteiger partial charge on any atom is -0.301 e. The van der Waals surface area contributed by atoms with Gasteiger partial charge in [0.2, 0.25) is 0 Å². The van der Waals surface area contributed by atoms with Gasteiger partial charge in [0.1, 0.15) is 0 Å². The van der Waals surface area contributed by atoms with Gasteiger partial charge in [0.25, 0.3) is 0 Å². The van der Waals surface area contributed by atoms with Crippen LogP contribution in [0.15, 0.2) is 30.3 Å². The molecule has 2 heterocycles. The van der Waals surface area contributed by atoms with E-state index in [-0.39, 0.29) is 0 Å². The van der Waals surface area contributed by atoms with Crippen molar-refractivity contribution >= 4 is 11.8 Å². The number of rotatable bonds is 2. The minimum absolute atomic E-state index is 0.349. The molecule has 0 bridgehead atoms. The maximum absolute atomic E-state index is 3.78. The quantitative estimate of drug-likeness (QED) is 0.882. The first-order valence-electron chi connectivity index (χ1n) is 6.91. The van der Waals surface area contributed by atoms with Gasteiger partial charge < -0.3 is 5.32 Å². The van der Waals surface area contributed by atoms with Crippen molar-refractivity contribution < 1.29 is 0 Å². The van der Waals surface area contributed by atoms with Crippen molar-refractivity contribution in [3.63, 3.8) is 0 Å². The van der Waals surface area contributed by atoms with Crippen LogP contribution in [-0.2, 0) is 6.54 Å². The Morgan fingerprint density at radius 3 is 2.94 bits per heavy atom. The van der Waals surface area contributed by atoms with Crippen molar-refractivity contribution in [2.24, 2.45) is 5.92 Å². The van der Waals surface area contributed by atoms with Crippen LogP contribution in [0.5, 0.6) is 0 Å². The molecule has 0 radical (unpaired) electrons. The molecule has 0 aliphatic carbocycles. The molecule has 2 aliphatic rings. The van der Waals surface area contributed by atoms with E-state index >= 15 is 0 Å². The highest BCUT2D eigenvalue weighted by atomic mass is 32.2. The van der Waals surface area contributed by atoms with Gasteiger partial charge in [-0.2, -0.15) is 0 Å². The van der Waals surface area contributed by atoms with Crippen LogP contribution in [0.2, 0.25) is 0 Å². The molecule has 1 N–H and O–H groups in total. The molecule has 0 aromatic heterocycles. The smallest absolute Gasteiger partial charge is 0.0786 e. The Bertz CT molecular complexity index is 385. The molecular weight excluding hydrogens is 240 g/mol. The summed E-state index contributed by atoms with van der Waals surface area (Å²) in [5.74, 6) is 2.13. The number of nitrogens with zero attached hydrogens (tertiary/aromatic N) is 1. The summed E-state index contributed by atoms with van der Waals surface area (Å²) in [4.78, 5) is 2.94. The van der Waals surface area contributed by atoms with Crippen LogP contribution in [0.25, 0.3) is 0 Å². The molecule has 2 fully saturated rings. The highest BCUT2D eigenvalue weighted by Gasteiger charge is 2.40. The monoisotopic (exact) mass is 262 g/mol. The Morgan fingerprint density at radius 1 is 1.39 bits per heavy atom. The summed E-state index contributed by atoms with van der Waals surface area (Å²) in [6.07, 6.45) is 1.29. The number of likely N-dealkylation sites (tertiary alicyclic amines) is 1. The molecule has 2 nitrogen and oxygen atoms in total. The van der Waals surface area contributed by atoms with Gasteiger partial charge in [0.15, 0.2) is 0 Å². The topological polar surface area (TPSA) is 15.3 Å². The largest absolute Gasteiger partial charge is 0.301 e. The van der Waals surface area contributed by atoms with Gasteiger partial charge >= 0.3 is 0 Å². The summed E-state index contributed by atoms with van der Waals surface area (Å²) in [5, 5.41) is 3.78. The zero-order valence-corrected chi connectivity index (χ0v) is 11.9. The molecule has 3 rings (SSSR count). The first kappa shape index (κ1) is 12.5. The minimum atomic E-state index is 0.349. The van der Waals surface area contributed by atoms with Crippen LogP contribution in [0.1, 0.15) is 18.9 Å². The van der Waals surface area contributed by atoms with Crippen LogP contribution < -0.4 is 5.32 Å². The third-order valence-electron chi connectivity index (χ3n) is 3.98. The normalized spacial score (nSPS) is 33.1. The number of nitrogens with one attached hydrogen (secondary N) is 1. The molecular formula is C15H22N2S. The van der Waals surface area contributed by atoms with Crippen molar-refractivity contribution in [2.75, 3.05) is 25.4 Å². The van der Waals surface area contributed by atoms with E-state index in [1.807, 2.05) is 0 Å². The van der Waals surface area contributed by atoms with E-state index in [0.29, 0.717) is 4.87 Å². The summed E-state index contributed by atoms with van der Waals surface area (Å²) in [7, 11) is 0. The second-order valence-corrected chi connectivity index (χ2v) is 7.14. The second-order valence-electron chi connectivity index (χ2n) is 5.74. The van der Waals surface area contributed by atoms with Gasteiger partial charge in [-0.25, -0.2) is 0 Å². The number of benzene rings is 1. The summed E-state index contributed by atoms with van der Waals surface area (Å²) in [6.45, 7) is 7.04. The summed E-state index contributed by atoms with van der Waals surface area (Å²) in [6, 6.07) is 10.8. The van der Waals surface area contributed by atoms with Crippen molar-refractivity contribution in [1.29, 1.82) is 0 Å². The van der Waals surface area contributed by atoms with Crippen molar-refractivity contribution in [3.8, 4) is 0 Å². The third kappa shape index (κ3) is 2.73. The van der Waals surface area contributed by atoms with Gasteiger partial charge in [0, 0.05) is 19.6 Å². The third-order valence-corrected chi connectivity index (χ3v) is 5.74. The maximum atomic E-state index is 3.78. The number of hydrogen-bond donors (Lipinski definition) is 1. The van der Waals surface area contributed by atoms with E-state index in [9.17, 15) is 0 Å². The first-order valence-corrected chi connectivity index (χ1v) is 7.90. The predicted molar refractivity (Wildman–Crippen MR) is 78.7 cm³/mol. The molecule has 1 spiro atoms. The average molecular weight is 262 g/mol. The standard InChI is InChI=1S/C15H22N2S/c1-13-9-16-15(18-11-13)7-8-17(12-15)10-14-5-3-2-4-6-14/h2-6,13,16H,7-12H2,1H3. The second kappa shape index (κ2) is 5.24. The molecule has 3 heteroatoms. The lowest BCUT2D eigenvalue weighted by atomic mass is 10.1. The van der Waals surface area contributed by atoms with Crippen LogP contribution in [-0.4, -0.2) is 35.2 Å². The number of thioether (sulfide) groups is 1. The van der Waals surface area contributed by atoms with Gasteiger partial charge in [-0.15, -0.1) is 11.8 Å². The summed E-state index contributed by atoms with van der Waals surface area (Å²) >= 11 is 2.14. The van der Waals surface area contributed by atoms with E-state index in [4.69, 9.17) is 0 Å². The Morgan fingerprint density at radius 2 is 2.22 bits per heavy atom. The Labute approximate surface area is 114 Å². The molecule has 2 atom stereocenters. The van der Waals surface area contributed by atoms with E-state index in [1.165, 1.54) is 37.4 Å². The van der Waals surface area contributed by atoms with Gasteiger partial charge in [0.05, 0.1) is 4.87 Å². The molecule has 98 valence electrons. The van der Waals surface area contributed by atoms with Crippen molar-refractivity contribution in [3.05, 3.63) is 35.9 Å². The highest BCUT2D eigenvalue weighted by molar-refractivity contribution is 8.00. The van der Waals surface area contributed by atoms with Crippen LogP contribution in [0.4, 0.5) is 0 Å². The SMILES string of the molecule is CC1CNC2(CCN(Cc3ccccc3)C2)SC1. The lowest BCUT2D eigenvalue weighted by Gasteiger charge is -2.37. The fourth-order valence-corrected chi connectivity index (χ4v) is 4.28. The zero-order chi connectivity index (χ0) is 12.4. The fraction of sp³-hybridized carbons (Fsp3) is 0.600. The van der Waals surface area contributed by atoms with Crippen molar-refractivity contribution in [1.82, 2.24) is 10.2 Å². The zero-order valence-electron chi connectivity index (χ0n) is 11.1. The average Bonchev–Trinajstić information content (AvgIpc) is 2.78. The lowest BCUT2D eigenvalue weighted by Crippen LogP contribution is -2.50. The van der Waals surface area contributed by atoms with E-state index < -0.39 is 0 Å². The molecule has 18 heavy (non-hydrogen) atoms. The van der Waals surface area contributed by atoms with Gasteiger partial charge in [-0.05, 0) is 30.2 Å². The fourth-order valence-electron chi connectivity index (χ4n) is 2.87. The van der Waals surface area contributed by atoms with E-state index in [0.717, 1.165) is 12.5 Å². The highest BCUT2D eigenvalue weighted by Crippen LogP contribution is 2.37. The summed E-state index contributed by atoms with van der Waals surface area (Å²) in [5.41, 5.74) is 1.43.